The minimum absolute atomic E-state index is 0.108. The minimum Gasteiger partial charge on any atom is -0.453 e. The molecule has 4 amide bonds. The summed E-state index contributed by atoms with van der Waals surface area (Å²) in [6, 6.07) is 18.9. The second-order valence-corrected chi connectivity index (χ2v) is 15.5. The Kier molecular flexibility index (Phi) is 12.3. The van der Waals surface area contributed by atoms with Crippen LogP contribution in [0.1, 0.15) is 70.2 Å². The Morgan fingerprint density at radius 3 is 1.63 bits per heavy atom. The van der Waals surface area contributed by atoms with Gasteiger partial charge >= 0.3 is 12.2 Å². The van der Waals surface area contributed by atoms with Crippen LogP contribution in [0.3, 0.4) is 0 Å². The molecule has 59 heavy (non-hydrogen) atoms. The normalized spacial score (nSPS) is 18.2. The van der Waals surface area contributed by atoms with E-state index in [2.05, 4.69) is 86.2 Å². The van der Waals surface area contributed by atoms with Gasteiger partial charge in [0.2, 0.25) is 11.8 Å². The van der Waals surface area contributed by atoms with Crippen molar-refractivity contribution in [3.63, 3.8) is 0 Å². The largest absolute Gasteiger partial charge is 0.453 e. The van der Waals surface area contributed by atoms with Crippen molar-refractivity contribution in [3.05, 3.63) is 84.7 Å². The Labute approximate surface area is 343 Å². The van der Waals surface area contributed by atoms with Crippen LogP contribution in [0.15, 0.2) is 73.1 Å². The van der Waals surface area contributed by atoms with E-state index in [1.165, 1.54) is 21.3 Å². The lowest BCUT2D eigenvalue weighted by Gasteiger charge is -2.30. The highest BCUT2D eigenvalue weighted by Crippen LogP contribution is 2.35. The van der Waals surface area contributed by atoms with Crippen molar-refractivity contribution >= 4 is 34.8 Å². The summed E-state index contributed by atoms with van der Waals surface area (Å²) in [4.78, 5) is 71.1. The van der Waals surface area contributed by atoms with Crippen molar-refractivity contribution in [1.82, 2.24) is 40.4 Å². The summed E-state index contributed by atoms with van der Waals surface area (Å²) in [5.74, 6) is 0.924. The Hall–Kier alpha value is -6.22. The van der Waals surface area contributed by atoms with Crippen LogP contribution in [-0.2, 0) is 23.8 Å². The number of ether oxygens (including phenoxy) is 3. The Morgan fingerprint density at radius 2 is 1.10 bits per heavy atom. The van der Waals surface area contributed by atoms with Crippen LogP contribution in [-0.4, -0.2) is 106 Å². The fraction of sp³-hybridized carbons (Fsp3) is 0.409. The van der Waals surface area contributed by atoms with Gasteiger partial charge < -0.3 is 44.6 Å². The predicted molar refractivity (Wildman–Crippen MR) is 222 cm³/mol. The number of carbonyl (C=O) groups excluding carboxylic acids is 4. The molecule has 5 atom stereocenters. The number of hydrogen-bond acceptors (Lipinski definition) is 9. The molecule has 0 spiro atoms. The van der Waals surface area contributed by atoms with Gasteiger partial charge in [-0.3, -0.25) is 9.59 Å². The first-order chi connectivity index (χ1) is 28.5. The summed E-state index contributed by atoms with van der Waals surface area (Å²) < 4.78 is 14.9. The van der Waals surface area contributed by atoms with Gasteiger partial charge in [0.1, 0.15) is 23.7 Å². The van der Waals surface area contributed by atoms with E-state index in [0.29, 0.717) is 18.9 Å². The van der Waals surface area contributed by atoms with Crippen LogP contribution in [0, 0.1) is 5.92 Å². The molecular formula is C44H52N8O7. The molecule has 15 nitrogen and oxygen atoms in total. The summed E-state index contributed by atoms with van der Waals surface area (Å²) in [5.41, 5.74) is 5.81. The average Bonchev–Trinajstić information content (AvgIpc) is 4.10. The zero-order valence-corrected chi connectivity index (χ0v) is 34.3. The first-order valence-electron chi connectivity index (χ1n) is 20.1. The quantitative estimate of drug-likeness (QED) is 0.106. The predicted octanol–water partition coefficient (Wildman–Crippen LogP) is 6.75. The summed E-state index contributed by atoms with van der Waals surface area (Å²) >= 11 is 0. The molecule has 5 aromatic rings. The molecule has 0 aliphatic carbocycles. The molecule has 0 saturated carbocycles. The van der Waals surface area contributed by atoms with Crippen LogP contribution in [0.4, 0.5) is 9.59 Å². The van der Waals surface area contributed by atoms with E-state index in [0.717, 1.165) is 75.9 Å². The van der Waals surface area contributed by atoms with Gasteiger partial charge in [-0.15, -0.1) is 0 Å². The van der Waals surface area contributed by atoms with Crippen molar-refractivity contribution in [2.45, 2.75) is 76.7 Å². The molecule has 2 aliphatic rings. The lowest BCUT2D eigenvalue weighted by molar-refractivity contribution is -0.137. The highest BCUT2D eigenvalue weighted by atomic mass is 16.5. The van der Waals surface area contributed by atoms with Crippen molar-refractivity contribution in [2.75, 3.05) is 34.4 Å². The molecule has 0 bridgehead atoms. The van der Waals surface area contributed by atoms with Gasteiger partial charge in [-0.1, -0.05) is 62.4 Å². The Bertz CT molecular complexity index is 2300. The fourth-order valence-corrected chi connectivity index (χ4v) is 8.13. The molecule has 2 aromatic heterocycles. The average molecular weight is 805 g/mol. The van der Waals surface area contributed by atoms with Gasteiger partial charge in [-0.2, -0.15) is 0 Å². The van der Waals surface area contributed by atoms with Gasteiger partial charge in [0.15, 0.2) is 0 Å². The third kappa shape index (κ3) is 8.65. The molecule has 3 aromatic carbocycles. The molecule has 2 aliphatic heterocycles. The van der Waals surface area contributed by atoms with Gasteiger partial charge in [-0.05, 0) is 78.1 Å². The van der Waals surface area contributed by atoms with Crippen molar-refractivity contribution < 1.29 is 33.4 Å². The number of nitrogens with one attached hydrogen (secondary N) is 4. The van der Waals surface area contributed by atoms with Gasteiger partial charge in [0.25, 0.3) is 0 Å². The van der Waals surface area contributed by atoms with Crippen molar-refractivity contribution in [1.29, 1.82) is 0 Å². The summed E-state index contributed by atoms with van der Waals surface area (Å²) in [7, 11) is 4.05. The number of nitrogens with zero attached hydrogens (tertiary/aromatic N) is 4. The highest BCUT2D eigenvalue weighted by molar-refractivity contribution is 5.91. The van der Waals surface area contributed by atoms with E-state index < -0.39 is 30.4 Å². The smallest absolute Gasteiger partial charge is 0.407 e. The first kappa shape index (κ1) is 41.0. The second kappa shape index (κ2) is 17.7. The molecule has 0 radical (unpaired) electrons. The monoisotopic (exact) mass is 804 g/mol. The van der Waals surface area contributed by atoms with Gasteiger partial charge in [-0.25, -0.2) is 19.6 Å². The number of alkyl carbamates (subject to hydrolysis) is 2. The summed E-state index contributed by atoms with van der Waals surface area (Å²) in [6.45, 7) is 6.68. The number of aromatic amines is 2. The molecule has 2 fully saturated rings. The van der Waals surface area contributed by atoms with E-state index in [1.54, 1.807) is 18.0 Å². The maximum atomic E-state index is 13.6. The fourth-order valence-electron chi connectivity index (χ4n) is 8.13. The number of methoxy groups -OCH3 is 3. The van der Waals surface area contributed by atoms with Gasteiger partial charge in [0, 0.05) is 25.8 Å². The van der Waals surface area contributed by atoms with Gasteiger partial charge in [0.05, 0.1) is 56.2 Å². The zero-order chi connectivity index (χ0) is 41.8. The van der Waals surface area contributed by atoms with Crippen molar-refractivity contribution in [2.24, 2.45) is 5.92 Å². The van der Waals surface area contributed by atoms with Crippen LogP contribution < -0.4 is 10.6 Å². The topological polar surface area (TPSA) is 184 Å². The third-order valence-corrected chi connectivity index (χ3v) is 11.5. The maximum absolute atomic E-state index is 13.6. The van der Waals surface area contributed by atoms with E-state index in [-0.39, 0.29) is 29.8 Å². The third-order valence-electron chi connectivity index (χ3n) is 11.5. The molecule has 7 rings (SSSR count). The van der Waals surface area contributed by atoms with Crippen LogP contribution in [0.5, 0.6) is 0 Å². The number of benzene rings is 3. The van der Waals surface area contributed by atoms with E-state index in [9.17, 15) is 19.2 Å². The molecule has 310 valence electrons. The van der Waals surface area contributed by atoms with Crippen molar-refractivity contribution in [3.8, 4) is 33.6 Å². The van der Waals surface area contributed by atoms with Crippen LogP contribution >= 0.6 is 0 Å². The maximum Gasteiger partial charge on any atom is 0.407 e. The van der Waals surface area contributed by atoms with E-state index in [4.69, 9.17) is 19.2 Å². The number of rotatable bonds is 12. The number of imidazole rings is 2. The highest BCUT2D eigenvalue weighted by Gasteiger charge is 2.39. The number of H-pyrrole nitrogens is 2. The number of fused-ring (bicyclic) bond motifs is 1. The molecule has 1 unspecified atom stereocenters. The SMILES string of the molecule is COC(=O)N[C@H](C(=O)N1CCC[C@H]1c1ncc(-c2ccc3cc(-c4ccc(-c5cnc(C6CCCN6C(=O)[C@@H](NC(=O)OC)[C@H](C)OC)[nH]5)cc4)ccc3c2)[nH]1)C(C)C. The molecule has 4 heterocycles. The first-order valence-corrected chi connectivity index (χ1v) is 20.1. The molecular weight excluding hydrogens is 753 g/mol. The number of likely N-dealkylation sites (tertiary alicyclic amines) is 2. The number of aromatic nitrogens is 4. The number of amides is 4. The lowest BCUT2D eigenvalue weighted by atomic mass is 9.98. The van der Waals surface area contributed by atoms with Crippen LogP contribution in [0.25, 0.3) is 44.4 Å². The van der Waals surface area contributed by atoms with E-state index >= 15 is 0 Å². The molecule has 4 N–H and O–H groups in total. The second-order valence-electron chi connectivity index (χ2n) is 15.5. The zero-order valence-electron chi connectivity index (χ0n) is 34.3. The standard InChI is InChI=1S/C44H52N8O7/c1-25(2)37(49-43(55)58-5)41(53)51-19-7-9-35(51)40-46-24-34(48-40)32-18-17-30-21-29(15-16-31(30)22-32)27-11-13-28(14-12-27)33-23-45-39(47-33)36-10-8-20-52(36)42(54)38(26(3)57-4)50-44(56)59-6/h11-18,21-26,35-38H,7-10,19-20H2,1-6H3,(H,45,47)(H,46,48)(H,49,55)(H,50,56)/t26-,35-,36?,37-,38-/m0/s1. The molecule has 2 saturated heterocycles. The Morgan fingerprint density at radius 1 is 0.644 bits per heavy atom. The lowest BCUT2D eigenvalue weighted by Crippen LogP contribution is -2.54. The number of carbonyl (C=O) groups is 4. The number of hydrogen-bond donors (Lipinski definition) is 4. The molecule has 15 heteroatoms. The Balaban J connectivity index is 1.02. The van der Waals surface area contributed by atoms with E-state index in [1.807, 2.05) is 24.9 Å². The minimum atomic E-state index is -0.895. The summed E-state index contributed by atoms with van der Waals surface area (Å²) in [5, 5.41) is 7.50. The summed E-state index contributed by atoms with van der Waals surface area (Å²) in [6.07, 6.45) is 4.92. The van der Waals surface area contributed by atoms with Crippen LogP contribution in [0.2, 0.25) is 0 Å².